The standard InChI is InChI=1S/C18H25N3O/c1-20-16(10-11-19-20)14-21(12-5-13-22)18-9-4-7-15-6-2-3-8-17(15)18/h2-3,6,8,10-11,18,22H,4-5,7,9,12-14H2,1H3. The summed E-state index contributed by atoms with van der Waals surface area (Å²) in [5, 5.41) is 13.5. The maximum Gasteiger partial charge on any atom is 0.0521 e. The SMILES string of the molecule is Cn1nccc1CN(CCCO)C1CCCc2ccccc21. The minimum Gasteiger partial charge on any atom is -0.396 e. The summed E-state index contributed by atoms with van der Waals surface area (Å²) in [5.74, 6) is 0. The van der Waals surface area contributed by atoms with E-state index < -0.39 is 0 Å². The lowest BCUT2D eigenvalue weighted by molar-refractivity contribution is 0.148. The van der Waals surface area contributed by atoms with Gasteiger partial charge in [0.1, 0.15) is 0 Å². The molecule has 3 rings (SSSR count). The zero-order valence-corrected chi connectivity index (χ0v) is 13.3. The van der Waals surface area contributed by atoms with Crippen molar-refractivity contribution in [2.75, 3.05) is 13.2 Å². The Balaban J connectivity index is 1.84. The molecule has 118 valence electrons. The predicted octanol–water partition coefficient (Wildman–Crippen LogP) is 2.68. The first-order valence-corrected chi connectivity index (χ1v) is 8.19. The van der Waals surface area contributed by atoms with Crippen molar-refractivity contribution in [1.82, 2.24) is 14.7 Å². The topological polar surface area (TPSA) is 41.3 Å². The van der Waals surface area contributed by atoms with E-state index in [1.807, 2.05) is 17.9 Å². The van der Waals surface area contributed by atoms with Crippen molar-refractivity contribution in [3.8, 4) is 0 Å². The number of aliphatic hydroxyl groups is 1. The Bertz CT molecular complexity index is 608. The molecule has 0 bridgehead atoms. The van der Waals surface area contributed by atoms with E-state index in [-0.39, 0.29) is 6.61 Å². The Morgan fingerprint density at radius 2 is 2.18 bits per heavy atom. The van der Waals surface area contributed by atoms with Crippen molar-refractivity contribution in [1.29, 1.82) is 0 Å². The first-order valence-electron chi connectivity index (χ1n) is 8.19. The van der Waals surface area contributed by atoms with Crippen LogP contribution in [0.5, 0.6) is 0 Å². The number of nitrogens with zero attached hydrogens (tertiary/aromatic N) is 3. The Kier molecular flexibility index (Phi) is 4.90. The second-order valence-electron chi connectivity index (χ2n) is 6.10. The number of rotatable bonds is 6. The van der Waals surface area contributed by atoms with Crippen LogP contribution in [0.1, 0.15) is 42.1 Å². The molecule has 1 atom stereocenters. The molecule has 1 aromatic heterocycles. The minimum atomic E-state index is 0.246. The molecule has 1 aliphatic rings. The molecule has 4 heteroatoms. The number of benzene rings is 1. The van der Waals surface area contributed by atoms with Crippen LogP contribution in [0.15, 0.2) is 36.5 Å². The van der Waals surface area contributed by atoms with Crippen LogP contribution >= 0.6 is 0 Å². The summed E-state index contributed by atoms with van der Waals surface area (Å²) in [4.78, 5) is 2.51. The van der Waals surface area contributed by atoms with Gasteiger partial charge in [-0.2, -0.15) is 5.10 Å². The van der Waals surface area contributed by atoms with Crippen molar-refractivity contribution in [3.05, 3.63) is 53.3 Å². The molecule has 1 aliphatic carbocycles. The van der Waals surface area contributed by atoms with Gasteiger partial charge in [-0.1, -0.05) is 24.3 Å². The number of aromatic nitrogens is 2. The average Bonchev–Trinajstić information content (AvgIpc) is 2.96. The summed E-state index contributed by atoms with van der Waals surface area (Å²) in [6, 6.07) is 11.3. The number of fused-ring (bicyclic) bond motifs is 1. The quantitative estimate of drug-likeness (QED) is 0.891. The van der Waals surface area contributed by atoms with Gasteiger partial charge in [0.05, 0.1) is 5.69 Å². The fourth-order valence-corrected chi connectivity index (χ4v) is 3.49. The summed E-state index contributed by atoms with van der Waals surface area (Å²) in [7, 11) is 1.99. The Morgan fingerprint density at radius 1 is 1.32 bits per heavy atom. The number of aliphatic hydroxyl groups excluding tert-OH is 1. The average molecular weight is 299 g/mol. The third-order valence-corrected chi connectivity index (χ3v) is 4.67. The smallest absolute Gasteiger partial charge is 0.0521 e. The van der Waals surface area contributed by atoms with Gasteiger partial charge in [0.15, 0.2) is 0 Å². The van der Waals surface area contributed by atoms with Crippen molar-refractivity contribution >= 4 is 0 Å². The van der Waals surface area contributed by atoms with E-state index in [1.54, 1.807) is 0 Å². The minimum absolute atomic E-state index is 0.246. The highest BCUT2D eigenvalue weighted by Crippen LogP contribution is 2.35. The van der Waals surface area contributed by atoms with E-state index in [0.717, 1.165) is 19.5 Å². The van der Waals surface area contributed by atoms with Crippen molar-refractivity contribution < 1.29 is 5.11 Å². The first-order chi connectivity index (χ1) is 10.8. The zero-order valence-electron chi connectivity index (χ0n) is 13.3. The summed E-state index contributed by atoms with van der Waals surface area (Å²) in [5.41, 5.74) is 4.17. The molecule has 1 N–H and O–H groups in total. The second kappa shape index (κ2) is 7.07. The van der Waals surface area contributed by atoms with E-state index in [0.29, 0.717) is 6.04 Å². The van der Waals surface area contributed by atoms with Gasteiger partial charge < -0.3 is 5.11 Å². The molecule has 0 amide bonds. The van der Waals surface area contributed by atoms with Crippen molar-refractivity contribution in [2.24, 2.45) is 7.05 Å². The molecule has 22 heavy (non-hydrogen) atoms. The lowest BCUT2D eigenvalue weighted by Crippen LogP contribution is -2.33. The third-order valence-electron chi connectivity index (χ3n) is 4.67. The monoisotopic (exact) mass is 299 g/mol. The fourth-order valence-electron chi connectivity index (χ4n) is 3.49. The van der Waals surface area contributed by atoms with E-state index in [4.69, 9.17) is 0 Å². The van der Waals surface area contributed by atoms with Crippen LogP contribution in [0.3, 0.4) is 0 Å². The van der Waals surface area contributed by atoms with Crippen LogP contribution < -0.4 is 0 Å². The van der Waals surface area contributed by atoms with Crippen molar-refractivity contribution in [2.45, 2.75) is 38.3 Å². The van der Waals surface area contributed by atoms with Crippen LogP contribution in [-0.2, 0) is 20.0 Å². The van der Waals surface area contributed by atoms with Crippen molar-refractivity contribution in [3.63, 3.8) is 0 Å². The summed E-state index contributed by atoms with van der Waals surface area (Å²) in [6.07, 6.45) is 6.29. The molecule has 0 aliphatic heterocycles. The molecule has 1 unspecified atom stereocenters. The van der Waals surface area contributed by atoms with E-state index >= 15 is 0 Å². The van der Waals surface area contributed by atoms with Crippen LogP contribution in [0.4, 0.5) is 0 Å². The highest BCUT2D eigenvalue weighted by atomic mass is 16.3. The van der Waals surface area contributed by atoms with Gasteiger partial charge in [-0.25, -0.2) is 0 Å². The highest BCUT2D eigenvalue weighted by Gasteiger charge is 2.26. The third kappa shape index (κ3) is 3.23. The van der Waals surface area contributed by atoms with Gasteiger partial charge >= 0.3 is 0 Å². The maximum absolute atomic E-state index is 9.25. The van der Waals surface area contributed by atoms with Crippen LogP contribution in [0, 0.1) is 0 Å². The van der Waals surface area contributed by atoms with Gasteiger partial charge in [0.25, 0.3) is 0 Å². The predicted molar refractivity (Wildman–Crippen MR) is 87.4 cm³/mol. The van der Waals surface area contributed by atoms with E-state index in [2.05, 4.69) is 40.3 Å². The molecular weight excluding hydrogens is 274 g/mol. The Hall–Kier alpha value is -1.65. The first kappa shape index (κ1) is 15.3. The summed E-state index contributed by atoms with van der Waals surface area (Å²) >= 11 is 0. The highest BCUT2D eigenvalue weighted by molar-refractivity contribution is 5.32. The van der Waals surface area contributed by atoms with Crippen LogP contribution in [0.25, 0.3) is 0 Å². The molecule has 0 fully saturated rings. The van der Waals surface area contributed by atoms with Crippen LogP contribution in [0.2, 0.25) is 0 Å². The van der Waals surface area contributed by atoms with Gasteiger partial charge in [0.2, 0.25) is 0 Å². The number of hydrogen-bond acceptors (Lipinski definition) is 3. The van der Waals surface area contributed by atoms with Gasteiger partial charge in [-0.05, 0) is 42.9 Å². The molecule has 2 aromatic rings. The van der Waals surface area contributed by atoms with Gasteiger partial charge in [0, 0.05) is 39.0 Å². The largest absolute Gasteiger partial charge is 0.396 e. The summed E-state index contributed by atoms with van der Waals surface area (Å²) < 4.78 is 1.95. The Morgan fingerprint density at radius 3 is 2.95 bits per heavy atom. The fraction of sp³-hybridized carbons (Fsp3) is 0.500. The second-order valence-corrected chi connectivity index (χ2v) is 6.10. The summed E-state index contributed by atoms with van der Waals surface area (Å²) in [6.45, 7) is 2.05. The zero-order chi connectivity index (χ0) is 15.4. The van der Waals surface area contributed by atoms with Gasteiger partial charge in [-0.3, -0.25) is 9.58 Å². The van der Waals surface area contributed by atoms with E-state index in [9.17, 15) is 5.11 Å². The lowest BCUT2D eigenvalue weighted by atomic mass is 9.86. The molecule has 4 nitrogen and oxygen atoms in total. The lowest BCUT2D eigenvalue weighted by Gasteiger charge is -2.36. The number of hydrogen-bond donors (Lipinski definition) is 1. The normalized spacial score (nSPS) is 17.7. The molecule has 1 heterocycles. The van der Waals surface area contributed by atoms with E-state index in [1.165, 1.54) is 36.1 Å². The van der Waals surface area contributed by atoms with Gasteiger partial charge in [-0.15, -0.1) is 0 Å². The Labute approximate surface area is 132 Å². The molecule has 0 saturated carbocycles. The maximum atomic E-state index is 9.25. The molecular formula is C18H25N3O. The molecule has 0 radical (unpaired) electrons. The number of aryl methyl sites for hydroxylation is 2. The molecule has 0 spiro atoms. The van der Waals surface area contributed by atoms with Crippen LogP contribution in [-0.4, -0.2) is 32.9 Å². The molecule has 0 saturated heterocycles. The molecule has 1 aromatic carbocycles.